The number of aliphatic imine (C=N–C) groups is 1. The highest BCUT2D eigenvalue weighted by molar-refractivity contribution is 6.30. The number of halogens is 2. The average Bonchev–Trinajstić information content (AvgIpc) is 2.61. The Morgan fingerprint density at radius 1 is 1.00 bits per heavy atom. The molecule has 4 N–H and O–H groups in total. The van der Waals surface area contributed by atoms with E-state index in [1.54, 1.807) is 55.6 Å². The molecule has 6 nitrogen and oxygen atoms in total. The number of nitrogens with two attached hydrogens (primary N) is 1. The predicted molar refractivity (Wildman–Crippen MR) is 98.9 cm³/mol. The fraction of sp³-hybridized carbons (Fsp3) is 0.125. The van der Waals surface area contributed by atoms with Crippen LogP contribution in [0.2, 0.25) is 10.0 Å². The van der Waals surface area contributed by atoms with Gasteiger partial charge >= 0.3 is 6.03 Å². The van der Waals surface area contributed by atoms with E-state index in [4.69, 9.17) is 23.2 Å². The van der Waals surface area contributed by atoms with E-state index in [0.29, 0.717) is 15.7 Å². The fourth-order valence-electron chi connectivity index (χ4n) is 1.30. The van der Waals surface area contributed by atoms with Crippen LogP contribution in [0.15, 0.2) is 53.5 Å². The molecule has 0 atom stereocenters. The van der Waals surface area contributed by atoms with Crippen LogP contribution in [0.25, 0.3) is 0 Å². The lowest BCUT2D eigenvalue weighted by molar-refractivity contribution is 0.254. The van der Waals surface area contributed by atoms with Gasteiger partial charge in [-0.1, -0.05) is 23.2 Å². The topological polar surface area (TPSA) is 96.6 Å². The summed E-state index contributed by atoms with van der Waals surface area (Å²) in [5, 5.41) is 6.34. The SMILES string of the molecule is CN.CNC(=O)Nc1ccc(Cl)cc1.O=C=Nc1ccc(Cl)cc1. The zero-order valence-corrected chi connectivity index (χ0v) is 14.7. The van der Waals surface area contributed by atoms with Gasteiger partial charge in [0.1, 0.15) is 0 Å². The molecule has 2 aromatic rings. The lowest BCUT2D eigenvalue weighted by Crippen LogP contribution is -2.24. The summed E-state index contributed by atoms with van der Waals surface area (Å²) in [5.41, 5.74) is 5.79. The van der Waals surface area contributed by atoms with Crippen molar-refractivity contribution < 1.29 is 9.59 Å². The molecule has 24 heavy (non-hydrogen) atoms. The van der Waals surface area contributed by atoms with E-state index in [0.717, 1.165) is 5.69 Å². The maximum absolute atomic E-state index is 10.8. The quantitative estimate of drug-likeness (QED) is 0.552. The Labute approximate surface area is 150 Å². The third-order valence-electron chi connectivity index (χ3n) is 2.33. The van der Waals surface area contributed by atoms with Gasteiger partial charge in [-0.25, -0.2) is 9.59 Å². The van der Waals surface area contributed by atoms with E-state index < -0.39 is 0 Å². The summed E-state index contributed by atoms with van der Waals surface area (Å²) in [6.45, 7) is 0. The smallest absolute Gasteiger partial charge is 0.318 e. The highest BCUT2D eigenvalue weighted by Crippen LogP contribution is 2.15. The molecule has 8 heteroatoms. The number of carbonyl (C=O) groups is 1. The Kier molecular flexibility index (Phi) is 11.8. The van der Waals surface area contributed by atoms with E-state index >= 15 is 0 Å². The van der Waals surface area contributed by atoms with Crippen LogP contribution in [0.3, 0.4) is 0 Å². The molecule has 0 heterocycles. The second kappa shape index (κ2) is 13.1. The van der Waals surface area contributed by atoms with Crippen LogP contribution in [0.1, 0.15) is 0 Å². The molecule has 2 rings (SSSR count). The first-order chi connectivity index (χ1) is 11.5. The lowest BCUT2D eigenvalue weighted by atomic mass is 10.3. The number of hydrogen-bond acceptors (Lipinski definition) is 4. The monoisotopic (exact) mass is 368 g/mol. The lowest BCUT2D eigenvalue weighted by Gasteiger charge is -2.02. The molecule has 0 radical (unpaired) electrons. The van der Waals surface area contributed by atoms with Crippen LogP contribution in [0.4, 0.5) is 16.2 Å². The van der Waals surface area contributed by atoms with Crippen molar-refractivity contribution in [2.45, 2.75) is 0 Å². The van der Waals surface area contributed by atoms with Gasteiger partial charge in [-0.3, -0.25) is 0 Å². The first-order valence-electron chi connectivity index (χ1n) is 6.70. The molecule has 0 saturated carbocycles. The van der Waals surface area contributed by atoms with E-state index in [2.05, 4.69) is 21.4 Å². The van der Waals surface area contributed by atoms with Crippen molar-refractivity contribution in [1.82, 2.24) is 5.32 Å². The number of benzene rings is 2. The van der Waals surface area contributed by atoms with Crippen molar-refractivity contribution in [3.63, 3.8) is 0 Å². The number of anilines is 1. The number of rotatable bonds is 2. The van der Waals surface area contributed by atoms with Crippen LogP contribution < -0.4 is 16.4 Å². The molecule has 0 fully saturated rings. The molecule has 0 aliphatic carbocycles. The van der Waals surface area contributed by atoms with E-state index in [9.17, 15) is 9.59 Å². The van der Waals surface area contributed by atoms with Gasteiger partial charge in [0.05, 0.1) is 5.69 Å². The third kappa shape index (κ3) is 9.61. The minimum Gasteiger partial charge on any atom is -0.341 e. The second-order valence-electron chi connectivity index (χ2n) is 3.89. The van der Waals surface area contributed by atoms with Crippen molar-refractivity contribution in [2.75, 3.05) is 19.4 Å². The number of nitrogens with zero attached hydrogens (tertiary/aromatic N) is 1. The number of urea groups is 1. The minimum absolute atomic E-state index is 0.239. The number of carbonyl (C=O) groups excluding carboxylic acids is 2. The Bertz CT molecular complexity index is 655. The van der Waals surface area contributed by atoms with Crippen molar-refractivity contribution in [1.29, 1.82) is 0 Å². The predicted octanol–water partition coefficient (Wildman–Crippen LogP) is 3.97. The largest absolute Gasteiger partial charge is 0.341 e. The molecular formula is C16H18Cl2N4O2. The summed E-state index contributed by atoms with van der Waals surface area (Å²) in [4.78, 5) is 23.9. The molecule has 0 spiro atoms. The standard InChI is InChI=1S/C8H9ClN2O.C7H4ClNO.CH5N/c1-10-8(12)11-7-4-2-6(9)3-5-7;8-6-1-3-7(4-2-6)9-5-10;1-2/h2-5H,1H3,(H2,10,11,12);1-4H;2H2,1H3. The normalized spacial score (nSPS) is 8.38. The summed E-state index contributed by atoms with van der Waals surface area (Å²) in [6.07, 6.45) is 1.44. The maximum atomic E-state index is 10.8. The highest BCUT2D eigenvalue weighted by Gasteiger charge is 1.96. The Morgan fingerprint density at radius 2 is 1.46 bits per heavy atom. The van der Waals surface area contributed by atoms with Crippen molar-refractivity contribution in [3.8, 4) is 0 Å². The van der Waals surface area contributed by atoms with Crippen molar-refractivity contribution in [3.05, 3.63) is 58.6 Å². The number of hydrogen-bond donors (Lipinski definition) is 3. The molecule has 0 unspecified atom stereocenters. The summed E-state index contributed by atoms with van der Waals surface area (Å²) < 4.78 is 0. The molecule has 128 valence electrons. The van der Waals surface area contributed by atoms with Gasteiger partial charge in [0.2, 0.25) is 6.08 Å². The first-order valence-corrected chi connectivity index (χ1v) is 7.46. The van der Waals surface area contributed by atoms with Gasteiger partial charge < -0.3 is 16.4 Å². The fourth-order valence-corrected chi connectivity index (χ4v) is 1.55. The highest BCUT2D eigenvalue weighted by atomic mass is 35.5. The minimum atomic E-state index is -0.239. The van der Waals surface area contributed by atoms with Gasteiger partial charge in [0.25, 0.3) is 0 Å². The van der Waals surface area contributed by atoms with Crippen molar-refractivity contribution in [2.24, 2.45) is 10.7 Å². The third-order valence-corrected chi connectivity index (χ3v) is 2.83. The first kappa shape index (κ1) is 21.6. The average molecular weight is 369 g/mol. The molecule has 0 aliphatic rings. The molecular weight excluding hydrogens is 351 g/mol. The Hall–Kier alpha value is -2.37. The zero-order chi connectivity index (χ0) is 18.4. The van der Waals surface area contributed by atoms with Crippen LogP contribution in [-0.2, 0) is 4.79 Å². The molecule has 2 aromatic carbocycles. The Morgan fingerprint density at radius 3 is 1.88 bits per heavy atom. The Balaban J connectivity index is 0.000000405. The van der Waals surface area contributed by atoms with Crippen LogP contribution in [0.5, 0.6) is 0 Å². The van der Waals surface area contributed by atoms with Gasteiger partial charge in [0, 0.05) is 22.8 Å². The van der Waals surface area contributed by atoms with Crippen LogP contribution in [0, 0.1) is 0 Å². The summed E-state index contributed by atoms with van der Waals surface area (Å²) >= 11 is 11.2. The van der Waals surface area contributed by atoms with Gasteiger partial charge in [-0.05, 0) is 55.6 Å². The van der Waals surface area contributed by atoms with Gasteiger partial charge in [-0.2, -0.15) is 4.99 Å². The maximum Gasteiger partial charge on any atom is 0.318 e. The molecule has 0 saturated heterocycles. The van der Waals surface area contributed by atoms with Crippen molar-refractivity contribution >= 4 is 46.7 Å². The van der Waals surface area contributed by atoms with E-state index in [1.807, 2.05) is 0 Å². The van der Waals surface area contributed by atoms with Gasteiger partial charge in [-0.15, -0.1) is 0 Å². The number of amides is 2. The second-order valence-corrected chi connectivity index (χ2v) is 4.76. The zero-order valence-electron chi connectivity index (χ0n) is 13.2. The van der Waals surface area contributed by atoms with E-state index in [1.165, 1.54) is 13.1 Å². The molecule has 2 amide bonds. The number of nitrogens with one attached hydrogen (secondary N) is 2. The molecule has 0 bridgehead atoms. The molecule has 0 aliphatic heterocycles. The summed E-state index contributed by atoms with van der Waals surface area (Å²) in [6, 6.07) is 13.3. The van der Waals surface area contributed by atoms with E-state index in [-0.39, 0.29) is 6.03 Å². The number of isocyanates is 1. The molecule has 0 aromatic heterocycles. The summed E-state index contributed by atoms with van der Waals surface area (Å²) in [7, 11) is 3.06. The van der Waals surface area contributed by atoms with Crippen LogP contribution in [-0.4, -0.2) is 26.2 Å². The summed E-state index contributed by atoms with van der Waals surface area (Å²) in [5.74, 6) is 0. The van der Waals surface area contributed by atoms with Gasteiger partial charge in [0.15, 0.2) is 0 Å². The van der Waals surface area contributed by atoms with Crippen LogP contribution >= 0.6 is 23.2 Å².